The Morgan fingerprint density at radius 2 is 2.07 bits per heavy atom. The highest BCUT2D eigenvalue weighted by Gasteiger charge is 2.58. The predicted molar refractivity (Wildman–Crippen MR) is 113 cm³/mol. The molecular weight excluding hydrogens is 364 g/mol. The highest BCUT2D eigenvalue weighted by molar-refractivity contribution is 5.93. The molecule has 29 heavy (non-hydrogen) atoms. The topological polar surface area (TPSA) is 77.8 Å². The molecule has 4 aliphatic rings. The van der Waals surface area contributed by atoms with E-state index in [4.69, 9.17) is 0 Å². The maximum Gasteiger partial charge on any atom is 0.159 e. The fourth-order valence-electron chi connectivity index (χ4n) is 7.09. The summed E-state index contributed by atoms with van der Waals surface area (Å²) in [5, 5.41) is 32.1. The fraction of sp³-hybridized carbons (Fsp3) is 0.720. The van der Waals surface area contributed by atoms with Crippen molar-refractivity contribution in [3.8, 4) is 0 Å². The molecule has 0 spiro atoms. The van der Waals surface area contributed by atoms with Crippen LogP contribution in [0.15, 0.2) is 35.5 Å². The van der Waals surface area contributed by atoms with Gasteiger partial charge in [-0.3, -0.25) is 4.79 Å². The van der Waals surface area contributed by atoms with Gasteiger partial charge in [0, 0.05) is 11.8 Å². The Morgan fingerprint density at radius 3 is 2.79 bits per heavy atom. The Morgan fingerprint density at radius 1 is 1.31 bits per heavy atom. The van der Waals surface area contributed by atoms with Crippen molar-refractivity contribution in [3.05, 3.63) is 35.5 Å². The van der Waals surface area contributed by atoms with Crippen LogP contribution in [0.1, 0.15) is 65.7 Å². The molecule has 4 rings (SSSR count). The van der Waals surface area contributed by atoms with Crippen LogP contribution in [0.5, 0.6) is 0 Å². The molecule has 160 valence electrons. The number of aliphatic hydroxyl groups excluding tert-OH is 2. The average molecular weight is 401 g/mol. The zero-order valence-electron chi connectivity index (χ0n) is 18.0. The van der Waals surface area contributed by atoms with E-state index in [-0.39, 0.29) is 29.0 Å². The smallest absolute Gasteiger partial charge is 0.159 e. The SMILES string of the molecule is C/C=C/[C@@H](O)[C@](C)(O)C1CC[C@H]2C3=CC(=O)[C@H]4CC(=CC[C@H](O)C4)[C@H]3CC[C@]12C. The van der Waals surface area contributed by atoms with Crippen molar-refractivity contribution < 1.29 is 20.1 Å². The second kappa shape index (κ2) is 7.47. The molecule has 4 aliphatic carbocycles. The lowest BCUT2D eigenvalue weighted by molar-refractivity contribution is -0.119. The van der Waals surface area contributed by atoms with Crippen molar-refractivity contribution in [1.29, 1.82) is 0 Å². The molecule has 0 heterocycles. The standard InChI is InChI=1S/C25H36O4/c1-4-5-23(28)25(3,29)22-9-8-20-19-14-21(27)16-12-15(6-7-17(26)13-16)18(19)10-11-24(20,22)2/h4-6,14,16-18,20,22-23,26,28-29H,7-13H2,1-3H3/b5-4+/t16-,17-,18+,20-,22?,23+,24-,25+/m0/s1. The van der Waals surface area contributed by atoms with Gasteiger partial charge >= 0.3 is 0 Å². The molecule has 0 amide bonds. The molecule has 2 saturated carbocycles. The van der Waals surface area contributed by atoms with Crippen molar-refractivity contribution in [2.24, 2.45) is 29.1 Å². The Kier molecular flexibility index (Phi) is 5.42. The first-order valence-corrected chi connectivity index (χ1v) is 11.3. The van der Waals surface area contributed by atoms with E-state index in [2.05, 4.69) is 13.0 Å². The number of ketones is 1. The molecule has 0 aromatic carbocycles. The third-order valence-corrected chi connectivity index (χ3v) is 8.64. The van der Waals surface area contributed by atoms with Crippen LogP contribution >= 0.6 is 0 Å². The zero-order valence-corrected chi connectivity index (χ0v) is 18.0. The van der Waals surface area contributed by atoms with Crippen LogP contribution in [0.3, 0.4) is 0 Å². The van der Waals surface area contributed by atoms with Crippen molar-refractivity contribution >= 4 is 5.78 Å². The zero-order chi connectivity index (χ0) is 21.0. The van der Waals surface area contributed by atoms with E-state index < -0.39 is 17.8 Å². The minimum Gasteiger partial charge on any atom is -0.393 e. The van der Waals surface area contributed by atoms with Gasteiger partial charge in [-0.25, -0.2) is 0 Å². The third kappa shape index (κ3) is 3.37. The van der Waals surface area contributed by atoms with Crippen molar-refractivity contribution in [3.63, 3.8) is 0 Å². The normalized spacial score (nSPS) is 42.8. The Balaban J connectivity index is 1.69. The Hall–Kier alpha value is -1.23. The molecule has 2 bridgehead atoms. The summed E-state index contributed by atoms with van der Waals surface area (Å²) in [5.74, 6) is 0.634. The van der Waals surface area contributed by atoms with E-state index in [0.29, 0.717) is 18.8 Å². The molecule has 8 atom stereocenters. The molecule has 4 heteroatoms. The summed E-state index contributed by atoms with van der Waals surface area (Å²) < 4.78 is 0. The summed E-state index contributed by atoms with van der Waals surface area (Å²) in [4.78, 5) is 13.0. The average Bonchev–Trinajstić information content (AvgIpc) is 2.82. The van der Waals surface area contributed by atoms with Crippen LogP contribution in [0, 0.1) is 29.1 Å². The minimum absolute atomic E-state index is 0.00985. The number of carbonyl (C=O) groups is 1. The first kappa shape index (κ1) is 21.0. The third-order valence-electron chi connectivity index (χ3n) is 8.64. The van der Waals surface area contributed by atoms with E-state index in [9.17, 15) is 20.1 Å². The van der Waals surface area contributed by atoms with Gasteiger partial charge in [-0.05, 0) is 82.1 Å². The van der Waals surface area contributed by atoms with Crippen LogP contribution in [-0.2, 0) is 4.79 Å². The summed E-state index contributed by atoms with van der Waals surface area (Å²) in [6.07, 6.45) is 12.1. The molecule has 4 nitrogen and oxygen atoms in total. The highest BCUT2D eigenvalue weighted by atomic mass is 16.3. The molecule has 2 fully saturated rings. The van der Waals surface area contributed by atoms with Crippen LogP contribution < -0.4 is 0 Å². The molecule has 0 aromatic heterocycles. The maximum absolute atomic E-state index is 13.0. The Labute approximate surface area is 174 Å². The first-order chi connectivity index (χ1) is 13.7. The minimum atomic E-state index is -1.19. The van der Waals surface area contributed by atoms with Crippen molar-refractivity contribution in [1.82, 2.24) is 0 Å². The van der Waals surface area contributed by atoms with Crippen LogP contribution in [0.25, 0.3) is 0 Å². The number of aliphatic hydroxyl groups is 3. The van der Waals surface area contributed by atoms with Gasteiger partial charge in [-0.15, -0.1) is 0 Å². The largest absolute Gasteiger partial charge is 0.393 e. The number of hydrogen-bond acceptors (Lipinski definition) is 4. The molecule has 3 N–H and O–H groups in total. The summed E-state index contributed by atoms with van der Waals surface area (Å²) in [6.45, 7) is 5.89. The molecular formula is C25H36O4. The van der Waals surface area contributed by atoms with Gasteiger partial charge in [-0.2, -0.15) is 0 Å². The van der Waals surface area contributed by atoms with Gasteiger partial charge in [-0.1, -0.05) is 36.3 Å². The quantitative estimate of drug-likeness (QED) is 0.631. The molecule has 0 aromatic rings. The van der Waals surface area contributed by atoms with Gasteiger partial charge in [0.2, 0.25) is 0 Å². The number of rotatable bonds is 3. The number of hydrogen-bond donors (Lipinski definition) is 3. The van der Waals surface area contributed by atoms with Gasteiger partial charge in [0.15, 0.2) is 5.78 Å². The predicted octanol–water partition coefficient (Wildman–Crippen LogP) is 3.71. The number of fused-ring (bicyclic) bond motifs is 6. The fourth-order valence-corrected chi connectivity index (χ4v) is 7.09. The second-order valence-electron chi connectivity index (χ2n) is 10.3. The monoisotopic (exact) mass is 400 g/mol. The van der Waals surface area contributed by atoms with Gasteiger partial charge in [0.05, 0.1) is 11.7 Å². The summed E-state index contributed by atoms with van der Waals surface area (Å²) in [5.41, 5.74) is 1.29. The van der Waals surface area contributed by atoms with Crippen molar-refractivity contribution in [2.45, 2.75) is 83.5 Å². The van der Waals surface area contributed by atoms with Crippen LogP contribution in [0.4, 0.5) is 0 Å². The van der Waals surface area contributed by atoms with E-state index in [1.807, 2.05) is 13.0 Å². The lowest BCUT2D eigenvalue weighted by Gasteiger charge is -2.50. The molecule has 1 unspecified atom stereocenters. The molecule has 0 aliphatic heterocycles. The summed E-state index contributed by atoms with van der Waals surface area (Å²) in [7, 11) is 0. The van der Waals surface area contributed by atoms with E-state index in [1.54, 1.807) is 19.1 Å². The second-order valence-corrected chi connectivity index (χ2v) is 10.3. The van der Waals surface area contributed by atoms with E-state index >= 15 is 0 Å². The van der Waals surface area contributed by atoms with Gasteiger partial charge < -0.3 is 15.3 Å². The van der Waals surface area contributed by atoms with E-state index in [1.165, 1.54) is 11.1 Å². The van der Waals surface area contributed by atoms with Gasteiger partial charge in [0.25, 0.3) is 0 Å². The number of carbonyl (C=O) groups excluding carboxylic acids is 1. The van der Waals surface area contributed by atoms with Crippen molar-refractivity contribution in [2.75, 3.05) is 0 Å². The van der Waals surface area contributed by atoms with Crippen LogP contribution in [0.2, 0.25) is 0 Å². The molecule has 0 saturated heterocycles. The lowest BCUT2D eigenvalue weighted by atomic mass is 9.56. The first-order valence-electron chi connectivity index (χ1n) is 11.3. The summed E-state index contributed by atoms with van der Waals surface area (Å²) >= 11 is 0. The van der Waals surface area contributed by atoms with E-state index in [0.717, 1.165) is 32.1 Å². The van der Waals surface area contributed by atoms with Gasteiger partial charge in [0.1, 0.15) is 6.10 Å². The Bertz CT molecular complexity index is 761. The molecule has 0 radical (unpaired) electrons. The number of allylic oxidation sites excluding steroid dienone is 4. The van der Waals surface area contributed by atoms with Crippen LogP contribution in [-0.4, -0.2) is 38.9 Å². The highest BCUT2D eigenvalue weighted by Crippen LogP contribution is 2.63. The summed E-state index contributed by atoms with van der Waals surface area (Å²) in [6, 6.07) is 0. The lowest BCUT2D eigenvalue weighted by Crippen LogP contribution is -2.52. The maximum atomic E-state index is 13.0.